The van der Waals surface area contributed by atoms with Gasteiger partial charge < -0.3 is 19.9 Å². The Morgan fingerprint density at radius 1 is 1.13 bits per heavy atom. The van der Waals surface area contributed by atoms with E-state index >= 15 is 0 Å². The fourth-order valence-corrected chi connectivity index (χ4v) is 4.68. The van der Waals surface area contributed by atoms with Crippen molar-refractivity contribution in [3.05, 3.63) is 53.5 Å². The molecule has 6 nitrogen and oxygen atoms in total. The molecule has 0 amide bonds. The Morgan fingerprint density at radius 2 is 1.93 bits per heavy atom. The molecule has 1 aliphatic rings. The maximum Gasteiger partial charge on any atom is 0.229 e. The van der Waals surface area contributed by atoms with E-state index in [4.69, 9.17) is 9.72 Å². The number of piperidine rings is 1. The van der Waals surface area contributed by atoms with Crippen LogP contribution in [0.1, 0.15) is 18.4 Å². The summed E-state index contributed by atoms with van der Waals surface area (Å²) in [5, 5.41) is 6.52. The van der Waals surface area contributed by atoms with Gasteiger partial charge in [0.25, 0.3) is 0 Å². The molecule has 0 atom stereocenters. The Hall–Kier alpha value is -2.90. The van der Waals surface area contributed by atoms with Crippen LogP contribution in [0, 0.1) is 6.92 Å². The first-order valence-electron chi connectivity index (χ1n) is 10.3. The van der Waals surface area contributed by atoms with Gasteiger partial charge in [0.1, 0.15) is 17.5 Å². The topological polar surface area (TPSA) is 66.1 Å². The minimum absolute atomic E-state index is 0.301. The number of aromatic nitrogens is 3. The first kappa shape index (κ1) is 19.1. The number of hydrogen-bond acceptors (Lipinski definition) is 6. The highest BCUT2D eigenvalue weighted by molar-refractivity contribution is 7.13. The Balaban J connectivity index is 1.34. The van der Waals surface area contributed by atoms with Crippen molar-refractivity contribution < 1.29 is 4.74 Å². The number of nitrogens with one attached hydrogen (secondary N) is 2. The van der Waals surface area contributed by atoms with Crippen molar-refractivity contribution >= 4 is 34.0 Å². The van der Waals surface area contributed by atoms with E-state index in [0.29, 0.717) is 12.1 Å². The summed E-state index contributed by atoms with van der Waals surface area (Å²) < 4.78 is 6.15. The van der Waals surface area contributed by atoms with Gasteiger partial charge in [-0.15, -0.1) is 11.3 Å². The lowest BCUT2D eigenvalue weighted by atomic mass is 10.1. The van der Waals surface area contributed by atoms with E-state index in [1.54, 1.807) is 11.3 Å². The molecule has 0 radical (unpaired) electrons. The smallest absolute Gasteiger partial charge is 0.229 e. The number of hydrogen-bond donors (Lipinski definition) is 2. The molecule has 0 saturated carbocycles. The lowest BCUT2D eigenvalue weighted by Gasteiger charge is -2.29. The number of ether oxygens (including phenoxy) is 1. The number of rotatable bonds is 5. The van der Waals surface area contributed by atoms with E-state index in [9.17, 15) is 0 Å². The molecule has 30 heavy (non-hydrogen) atoms. The zero-order valence-electron chi connectivity index (χ0n) is 17.2. The van der Waals surface area contributed by atoms with Crippen LogP contribution in [-0.4, -0.2) is 46.1 Å². The first-order chi connectivity index (χ1) is 14.6. The maximum absolute atomic E-state index is 6.15. The summed E-state index contributed by atoms with van der Waals surface area (Å²) in [5.74, 6) is 1.49. The molecule has 0 aliphatic carbocycles. The fraction of sp³-hybridized carbons (Fsp3) is 0.304. The highest BCUT2D eigenvalue weighted by Gasteiger charge is 2.18. The summed E-state index contributed by atoms with van der Waals surface area (Å²) in [4.78, 5) is 16.1. The van der Waals surface area contributed by atoms with Crippen LogP contribution in [0.15, 0.2) is 48.0 Å². The molecule has 3 aromatic heterocycles. The van der Waals surface area contributed by atoms with Crippen LogP contribution < -0.4 is 10.1 Å². The van der Waals surface area contributed by atoms with E-state index < -0.39 is 0 Å². The number of H-pyrrole nitrogens is 1. The van der Waals surface area contributed by atoms with E-state index in [1.807, 2.05) is 36.5 Å². The SMILES string of the molecule is Cc1csc(-c2nc(Nc3ccc(OC4CCN(C)CC4)cc3)nc3[nH]ccc23)c1. The lowest BCUT2D eigenvalue weighted by Crippen LogP contribution is -2.35. The first-order valence-corrected chi connectivity index (χ1v) is 11.1. The molecule has 7 heteroatoms. The summed E-state index contributed by atoms with van der Waals surface area (Å²) in [5.41, 5.74) is 3.96. The highest BCUT2D eigenvalue weighted by atomic mass is 32.1. The minimum atomic E-state index is 0.301. The van der Waals surface area contributed by atoms with Crippen LogP contribution >= 0.6 is 11.3 Å². The number of aryl methyl sites for hydroxylation is 1. The molecule has 0 spiro atoms. The van der Waals surface area contributed by atoms with Crippen molar-refractivity contribution in [2.45, 2.75) is 25.9 Å². The van der Waals surface area contributed by atoms with Gasteiger partial charge in [-0.2, -0.15) is 4.98 Å². The van der Waals surface area contributed by atoms with Crippen molar-refractivity contribution in [3.63, 3.8) is 0 Å². The van der Waals surface area contributed by atoms with Crippen molar-refractivity contribution in [2.75, 3.05) is 25.5 Å². The average molecular weight is 420 g/mol. The van der Waals surface area contributed by atoms with E-state index in [-0.39, 0.29) is 0 Å². The predicted octanol–water partition coefficient (Wildman–Crippen LogP) is 5.21. The molecular formula is C23H25N5OS. The largest absolute Gasteiger partial charge is 0.490 e. The van der Waals surface area contributed by atoms with Gasteiger partial charge in [-0.1, -0.05) is 0 Å². The van der Waals surface area contributed by atoms with Gasteiger partial charge in [0.2, 0.25) is 5.95 Å². The summed E-state index contributed by atoms with van der Waals surface area (Å²) in [6.45, 7) is 4.29. The van der Waals surface area contributed by atoms with Crippen LogP contribution in [0.5, 0.6) is 5.75 Å². The molecule has 4 aromatic rings. The quantitative estimate of drug-likeness (QED) is 0.465. The normalized spacial score (nSPS) is 15.5. The van der Waals surface area contributed by atoms with Gasteiger partial charge in [0.15, 0.2) is 0 Å². The van der Waals surface area contributed by atoms with Crippen molar-refractivity contribution in [1.29, 1.82) is 0 Å². The monoisotopic (exact) mass is 419 g/mol. The van der Waals surface area contributed by atoms with Crippen LogP contribution in [0.4, 0.5) is 11.6 Å². The highest BCUT2D eigenvalue weighted by Crippen LogP contribution is 2.32. The van der Waals surface area contributed by atoms with E-state index in [1.165, 1.54) is 5.56 Å². The summed E-state index contributed by atoms with van der Waals surface area (Å²) in [6, 6.07) is 12.2. The van der Waals surface area contributed by atoms with Crippen LogP contribution in [0.2, 0.25) is 0 Å². The molecule has 0 unspecified atom stereocenters. The average Bonchev–Trinajstić information content (AvgIpc) is 3.39. The van der Waals surface area contributed by atoms with Crippen LogP contribution in [0.3, 0.4) is 0 Å². The summed E-state index contributed by atoms with van der Waals surface area (Å²) >= 11 is 1.70. The number of anilines is 2. The van der Waals surface area contributed by atoms with Gasteiger partial charge in [-0.05, 0) is 74.2 Å². The maximum atomic E-state index is 6.15. The Kier molecular flexibility index (Phi) is 5.14. The van der Waals surface area contributed by atoms with E-state index in [0.717, 1.165) is 59.0 Å². The predicted molar refractivity (Wildman–Crippen MR) is 123 cm³/mol. The molecule has 0 bridgehead atoms. The molecule has 1 saturated heterocycles. The Bertz CT molecular complexity index is 1140. The zero-order valence-corrected chi connectivity index (χ0v) is 18.0. The third-order valence-corrected chi connectivity index (χ3v) is 6.51. The second kappa shape index (κ2) is 8.08. The van der Waals surface area contributed by atoms with Crippen molar-refractivity contribution in [2.24, 2.45) is 0 Å². The van der Waals surface area contributed by atoms with Gasteiger partial charge in [-0.25, -0.2) is 4.98 Å². The van der Waals surface area contributed by atoms with Gasteiger partial charge in [-0.3, -0.25) is 0 Å². The molecule has 4 heterocycles. The second-order valence-electron chi connectivity index (χ2n) is 7.89. The number of thiophene rings is 1. The van der Waals surface area contributed by atoms with Crippen molar-refractivity contribution in [1.82, 2.24) is 19.9 Å². The van der Waals surface area contributed by atoms with Gasteiger partial charge in [0, 0.05) is 30.4 Å². The van der Waals surface area contributed by atoms with Gasteiger partial charge in [0.05, 0.1) is 10.6 Å². The third-order valence-electron chi connectivity index (χ3n) is 5.46. The Labute approximate surface area is 179 Å². The Morgan fingerprint density at radius 3 is 2.67 bits per heavy atom. The van der Waals surface area contributed by atoms with Crippen LogP contribution in [0.25, 0.3) is 21.6 Å². The molecular weight excluding hydrogens is 394 g/mol. The molecule has 5 rings (SSSR count). The summed E-state index contributed by atoms with van der Waals surface area (Å²) in [6.07, 6.45) is 4.36. The number of likely N-dealkylation sites (tertiary alicyclic amines) is 1. The van der Waals surface area contributed by atoms with Crippen molar-refractivity contribution in [3.8, 4) is 16.3 Å². The van der Waals surface area contributed by atoms with Crippen LogP contribution in [-0.2, 0) is 0 Å². The third kappa shape index (κ3) is 4.04. The molecule has 154 valence electrons. The molecule has 2 N–H and O–H groups in total. The summed E-state index contributed by atoms with van der Waals surface area (Å²) in [7, 11) is 2.16. The fourth-order valence-electron chi connectivity index (χ4n) is 3.78. The number of nitrogens with zero attached hydrogens (tertiary/aromatic N) is 3. The standard InChI is InChI=1S/C23H25N5OS/c1-15-13-20(30-14-15)21-19-7-10-24-22(19)27-23(26-21)25-16-3-5-17(6-4-16)29-18-8-11-28(2)12-9-18/h3-7,10,13-14,18H,8-9,11-12H2,1-2H3,(H2,24,25,26,27). The van der Waals surface area contributed by atoms with E-state index in [2.05, 4.69) is 45.6 Å². The number of fused-ring (bicyclic) bond motifs is 1. The van der Waals surface area contributed by atoms with Gasteiger partial charge >= 0.3 is 0 Å². The molecule has 1 aliphatic heterocycles. The number of benzene rings is 1. The molecule has 1 fully saturated rings. The zero-order chi connectivity index (χ0) is 20.5. The minimum Gasteiger partial charge on any atom is -0.490 e. The lowest BCUT2D eigenvalue weighted by molar-refractivity contribution is 0.114. The molecule has 1 aromatic carbocycles. The number of aromatic amines is 1. The second-order valence-corrected chi connectivity index (χ2v) is 8.81.